The van der Waals surface area contributed by atoms with Gasteiger partial charge in [0, 0.05) is 24.7 Å². The Morgan fingerprint density at radius 3 is 2.62 bits per heavy atom. The first-order valence-electron chi connectivity index (χ1n) is 7.40. The lowest BCUT2D eigenvalue weighted by Crippen LogP contribution is -2.39. The highest BCUT2D eigenvalue weighted by molar-refractivity contribution is 6.33. The van der Waals surface area contributed by atoms with Crippen molar-refractivity contribution in [2.45, 2.75) is 32.7 Å². The second-order valence-corrected chi connectivity index (χ2v) is 6.24. The van der Waals surface area contributed by atoms with E-state index < -0.39 is 4.92 Å². The minimum Gasteiger partial charge on any atom is -0.368 e. The molecule has 1 saturated heterocycles. The normalized spacial score (nSPS) is 16.2. The second kappa shape index (κ2) is 7.09. The van der Waals surface area contributed by atoms with Gasteiger partial charge in [0.05, 0.1) is 15.6 Å². The summed E-state index contributed by atoms with van der Waals surface area (Å²) < 4.78 is 0. The van der Waals surface area contributed by atoms with E-state index in [-0.39, 0.29) is 5.69 Å². The van der Waals surface area contributed by atoms with Crippen LogP contribution in [0.5, 0.6) is 0 Å². The van der Waals surface area contributed by atoms with Gasteiger partial charge in [-0.05, 0) is 51.8 Å². The van der Waals surface area contributed by atoms with E-state index in [0.29, 0.717) is 17.0 Å². The Balaban J connectivity index is 2.19. The minimum absolute atomic E-state index is 0.0364. The van der Waals surface area contributed by atoms with E-state index in [4.69, 9.17) is 11.6 Å². The third-order valence-corrected chi connectivity index (χ3v) is 4.29. The van der Waals surface area contributed by atoms with Gasteiger partial charge in [-0.25, -0.2) is 0 Å². The zero-order chi connectivity index (χ0) is 15.4. The topological polar surface area (TPSA) is 58.4 Å². The molecular formula is C15H22ClN3O2. The Kier molecular flexibility index (Phi) is 5.42. The van der Waals surface area contributed by atoms with E-state index in [1.54, 1.807) is 6.07 Å². The molecule has 1 aromatic rings. The van der Waals surface area contributed by atoms with Crippen LogP contribution < -0.4 is 10.2 Å². The van der Waals surface area contributed by atoms with Crippen LogP contribution in [0, 0.1) is 16.0 Å². The fraction of sp³-hybridized carbons (Fsp3) is 0.600. The lowest BCUT2D eigenvalue weighted by molar-refractivity contribution is -0.384. The molecule has 1 heterocycles. The zero-order valence-electron chi connectivity index (χ0n) is 12.5. The van der Waals surface area contributed by atoms with Crippen molar-refractivity contribution in [3.63, 3.8) is 0 Å². The number of benzene rings is 1. The Morgan fingerprint density at radius 2 is 2.10 bits per heavy atom. The quantitative estimate of drug-likeness (QED) is 0.668. The molecule has 0 unspecified atom stereocenters. The number of hydrogen-bond acceptors (Lipinski definition) is 4. The molecule has 2 rings (SSSR count). The predicted molar refractivity (Wildman–Crippen MR) is 86.2 cm³/mol. The van der Waals surface area contributed by atoms with E-state index >= 15 is 0 Å². The van der Waals surface area contributed by atoms with Crippen LogP contribution in [0.3, 0.4) is 0 Å². The summed E-state index contributed by atoms with van der Waals surface area (Å²) in [5, 5.41) is 14.6. The second-order valence-electron chi connectivity index (χ2n) is 5.83. The number of anilines is 1. The van der Waals surface area contributed by atoms with Gasteiger partial charge in [0.2, 0.25) is 0 Å². The highest BCUT2D eigenvalue weighted by Crippen LogP contribution is 2.32. The van der Waals surface area contributed by atoms with Gasteiger partial charge in [-0.2, -0.15) is 0 Å². The molecule has 1 aliphatic rings. The maximum atomic E-state index is 10.8. The van der Waals surface area contributed by atoms with E-state index in [1.165, 1.54) is 12.1 Å². The highest BCUT2D eigenvalue weighted by atomic mass is 35.5. The molecule has 0 aliphatic carbocycles. The van der Waals surface area contributed by atoms with Crippen LogP contribution in [0.1, 0.15) is 26.7 Å². The number of non-ortho nitro benzene ring substituents is 1. The molecule has 21 heavy (non-hydrogen) atoms. The van der Waals surface area contributed by atoms with Gasteiger partial charge < -0.3 is 10.2 Å². The number of nitrogens with zero attached hydrogens (tertiary/aromatic N) is 2. The monoisotopic (exact) mass is 311 g/mol. The first kappa shape index (κ1) is 16.0. The number of halogens is 1. The van der Waals surface area contributed by atoms with Crippen LogP contribution in [-0.2, 0) is 0 Å². The summed E-state index contributed by atoms with van der Waals surface area (Å²) in [4.78, 5) is 12.6. The minimum atomic E-state index is -0.415. The largest absolute Gasteiger partial charge is 0.368 e. The molecule has 1 N–H and O–H groups in total. The third-order valence-electron chi connectivity index (χ3n) is 3.99. The van der Waals surface area contributed by atoms with Gasteiger partial charge in [0.25, 0.3) is 5.69 Å². The molecule has 0 radical (unpaired) electrons. The molecule has 1 aromatic carbocycles. The van der Waals surface area contributed by atoms with Crippen LogP contribution in [0.15, 0.2) is 18.2 Å². The van der Waals surface area contributed by atoms with Gasteiger partial charge in [0.15, 0.2) is 0 Å². The summed E-state index contributed by atoms with van der Waals surface area (Å²) in [5.74, 6) is 0.639. The van der Waals surface area contributed by atoms with Crippen molar-refractivity contribution >= 4 is 23.0 Å². The van der Waals surface area contributed by atoms with Crippen LogP contribution in [0.25, 0.3) is 0 Å². The Morgan fingerprint density at radius 1 is 1.43 bits per heavy atom. The molecule has 0 spiro atoms. The van der Waals surface area contributed by atoms with Crippen molar-refractivity contribution in [1.29, 1.82) is 0 Å². The molecule has 0 bridgehead atoms. The summed E-state index contributed by atoms with van der Waals surface area (Å²) in [6.07, 6.45) is 2.32. The molecule has 1 aliphatic heterocycles. The first-order valence-corrected chi connectivity index (χ1v) is 7.78. The molecule has 1 fully saturated rings. The van der Waals surface area contributed by atoms with Gasteiger partial charge in [-0.15, -0.1) is 0 Å². The van der Waals surface area contributed by atoms with Crippen molar-refractivity contribution in [3.05, 3.63) is 33.3 Å². The predicted octanol–water partition coefficient (Wildman–Crippen LogP) is 3.46. The van der Waals surface area contributed by atoms with E-state index in [2.05, 4.69) is 24.1 Å². The lowest BCUT2D eigenvalue weighted by atomic mass is 9.96. The molecule has 0 saturated carbocycles. The average Bonchev–Trinajstić information content (AvgIpc) is 2.46. The van der Waals surface area contributed by atoms with Crippen LogP contribution in [0.2, 0.25) is 5.02 Å². The third kappa shape index (κ3) is 4.08. The van der Waals surface area contributed by atoms with Crippen molar-refractivity contribution in [1.82, 2.24) is 5.32 Å². The molecule has 6 heteroatoms. The average molecular weight is 312 g/mol. The number of nitrogens with one attached hydrogen (secondary N) is 1. The molecule has 0 amide bonds. The molecule has 0 aromatic heterocycles. The van der Waals surface area contributed by atoms with Crippen LogP contribution >= 0.6 is 11.6 Å². The smallest absolute Gasteiger partial charge is 0.271 e. The Bertz CT molecular complexity index is 502. The van der Waals surface area contributed by atoms with Gasteiger partial charge in [-0.1, -0.05) is 11.6 Å². The summed E-state index contributed by atoms with van der Waals surface area (Å²) in [6, 6.07) is 5.04. The zero-order valence-corrected chi connectivity index (χ0v) is 13.3. The van der Waals surface area contributed by atoms with Crippen molar-refractivity contribution in [2.75, 3.05) is 24.5 Å². The number of piperidine rings is 1. The standard InChI is InChI=1S/C15H22ClN3O2/c1-11(2)18(10-12-5-7-17-8-6-12)15-4-3-13(19(20)21)9-14(15)16/h3-4,9,11-12,17H,5-8,10H2,1-2H3. The summed E-state index contributed by atoms with van der Waals surface area (Å²) >= 11 is 6.27. The van der Waals surface area contributed by atoms with Crippen molar-refractivity contribution in [2.24, 2.45) is 5.92 Å². The fourth-order valence-electron chi connectivity index (χ4n) is 2.77. The van der Waals surface area contributed by atoms with E-state index in [9.17, 15) is 10.1 Å². The van der Waals surface area contributed by atoms with Crippen molar-refractivity contribution < 1.29 is 4.92 Å². The SMILES string of the molecule is CC(C)N(CC1CCNCC1)c1ccc([N+](=O)[O-])cc1Cl. The molecule has 116 valence electrons. The molecule has 0 atom stereocenters. The number of nitro groups is 1. The molecule has 5 nitrogen and oxygen atoms in total. The Labute approximate surface area is 130 Å². The van der Waals surface area contributed by atoms with E-state index in [1.807, 2.05) is 0 Å². The highest BCUT2D eigenvalue weighted by Gasteiger charge is 2.22. The maximum absolute atomic E-state index is 10.8. The number of hydrogen-bond donors (Lipinski definition) is 1. The molecular weight excluding hydrogens is 290 g/mol. The van der Waals surface area contributed by atoms with Gasteiger partial charge in [0.1, 0.15) is 0 Å². The van der Waals surface area contributed by atoms with Crippen LogP contribution in [-0.4, -0.2) is 30.6 Å². The fourth-order valence-corrected chi connectivity index (χ4v) is 3.06. The number of rotatable bonds is 5. The van der Waals surface area contributed by atoms with Crippen molar-refractivity contribution in [3.8, 4) is 0 Å². The van der Waals surface area contributed by atoms with Gasteiger partial charge in [-0.3, -0.25) is 10.1 Å². The number of nitro benzene ring substituents is 1. The summed E-state index contributed by atoms with van der Waals surface area (Å²) in [6.45, 7) is 7.31. The first-order chi connectivity index (χ1) is 9.99. The van der Waals surface area contributed by atoms with Crippen LogP contribution in [0.4, 0.5) is 11.4 Å². The Hall–Kier alpha value is -1.33. The summed E-state index contributed by atoms with van der Waals surface area (Å²) in [5.41, 5.74) is 0.921. The van der Waals surface area contributed by atoms with Gasteiger partial charge >= 0.3 is 0 Å². The summed E-state index contributed by atoms with van der Waals surface area (Å²) in [7, 11) is 0. The lowest BCUT2D eigenvalue weighted by Gasteiger charge is -2.35. The van der Waals surface area contributed by atoms with E-state index in [0.717, 1.165) is 38.2 Å². The maximum Gasteiger partial charge on any atom is 0.271 e.